The van der Waals surface area contributed by atoms with Crippen LogP contribution in [-0.2, 0) is 14.6 Å². The number of carbonyl (C=O) groups excluding carboxylic acids is 1. The van der Waals surface area contributed by atoms with E-state index in [9.17, 15) is 18.3 Å². The molecule has 1 aromatic carbocycles. The molecular weight excluding hydrogens is 258 g/mol. The van der Waals surface area contributed by atoms with E-state index in [1.807, 2.05) is 0 Å². The van der Waals surface area contributed by atoms with E-state index in [4.69, 9.17) is 5.73 Å². The third kappa shape index (κ3) is 4.72. The molecule has 0 saturated carbocycles. The van der Waals surface area contributed by atoms with Gasteiger partial charge in [0.1, 0.15) is 12.2 Å². The summed E-state index contributed by atoms with van der Waals surface area (Å²) in [5.41, 5.74) is 5.31. The highest BCUT2D eigenvalue weighted by molar-refractivity contribution is 7.90. The van der Waals surface area contributed by atoms with Gasteiger partial charge in [-0.25, -0.2) is 13.2 Å². The maximum atomic E-state index is 11.2. The average Bonchev–Trinajstić information content (AvgIpc) is 2.26. The van der Waals surface area contributed by atoms with Crippen LogP contribution in [-0.4, -0.2) is 37.7 Å². The Hall–Kier alpha value is -1.60. The van der Waals surface area contributed by atoms with Crippen molar-refractivity contribution in [2.75, 3.05) is 12.0 Å². The second-order valence-corrected chi connectivity index (χ2v) is 6.11. The van der Waals surface area contributed by atoms with E-state index in [1.54, 1.807) is 30.3 Å². The molecule has 2 atom stereocenters. The molecule has 100 valence electrons. The van der Waals surface area contributed by atoms with Gasteiger partial charge < -0.3 is 15.6 Å². The number of carbonyl (C=O) groups is 1. The summed E-state index contributed by atoms with van der Waals surface area (Å²) < 4.78 is 27.1. The maximum absolute atomic E-state index is 11.2. The molecule has 0 fully saturated rings. The lowest BCUT2D eigenvalue weighted by molar-refractivity contribution is 0.0176. The van der Waals surface area contributed by atoms with Crippen molar-refractivity contribution in [3.05, 3.63) is 35.9 Å². The van der Waals surface area contributed by atoms with Crippen LogP contribution in [0.5, 0.6) is 0 Å². The number of hydrogen-bond acceptors (Lipinski definition) is 5. The molecule has 0 aliphatic heterocycles. The van der Waals surface area contributed by atoms with Crippen molar-refractivity contribution in [1.29, 1.82) is 0 Å². The number of benzene rings is 1. The molecule has 1 aromatic rings. The molecule has 0 aromatic heterocycles. The Bertz CT molecular complexity index is 499. The van der Waals surface area contributed by atoms with E-state index in [-0.39, 0.29) is 0 Å². The van der Waals surface area contributed by atoms with Gasteiger partial charge in [-0.3, -0.25) is 0 Å². The van der Waals surface area contributed by atoms with Crippen molar-refractivity contribution < 1.29 is 23.1 Å². The lowest BCUT2D eigenvalue weighted by atomic mass is 10.1. The first-order valence-electron chi connectivity index (χ1n) is 5.16. The highest BCUT2D eigenvalue weighted by Gasteiger charge is 2.27. The zero-order valence-corrected chi connectivity index (χ0v) is 10.6. The van der Waals surface area contributed by atoms with Crippen LogP contribution < -0.4 is 5.73 Å². The Morgan fingerprint density at radius 1 is 1.39 bits per heavy atom. The molecule has 2 unspecified atom stereocenters. The first-order chi connectivity index (χ1) is 8.29. The van der Waals surface area contributed by atoms with Crippen LogP contribution in [0.25, 0.3) is 0 Å². The van der Waals surface area contributed by atoms with E-state index < -0.39 is 33.9 Å². The second-order valence-electron chi connectivity index (χ2n) is 3.92. The minimum Gasteiger partial charge on any atom is -0.442 e. The molecular formula is C11H15NO5S. The van der Waals surface area contributed by atoms with Crippen molar-refractivity contribution in [1.82, 2.24) is 0 Å². The number of hydrogen-bond donors (Lipinski definition) is 2. The molecule has 0 saturated heterocycles. The third-order valence-corrected chi connectivity index (χ3v) is 3.16. The fourth-order valence-electron chi connectivity index (χ4n) is 1.50. The zero-order chi connectivity index (χ0) is 13.8. The molecule has 18 heavy (non-hydrogen) atoms. The van der Waals surface area contributed by atoms with Gasteiger partial charge in [0, 0.05) is 6.26 Å². The number of aliphatic hydroxyl groups is 1. The zero-order valence-electron chi connectivity index (χ0n) is 9.81. The van der Waals surface area contributed by atoms with E-state index in [0.717, 1.165) is 6.26 Å². The first-order valence-corrected chi connectivity index (χ1v) is 7.22. The summed E-state index contributed by atoms with van der Waals surface area (Å²) in [4.78, 5) is 10.7. The van der Waals surface area contributed by atoms with Gasteiger partial charge in [-0.1, -0.05) is 30.3 Å². The van der Waals surface area contributed by atoms with Gasteiger partial charge in [0.2, 0.25) is 0 Å². The van der Waals surface area contributed by atoms with E-state index in [2.05, 4.69) is 4.74 Å². The fourth-order valence-corrected chi connectivity index (χ4v) is 2.35. The largest absolute Gasteiger partial charge is 0.442 e. The summed E-state index contributed by atoms with van der Waals surface area (Å²) >= 11 is 0. The predicted molar refractivity (Wildman–Crippen MR) is 65.6 cm³/mol. The van der Waals surface area contributed by atoms with Crippen molar-refractivity contribution >= 4 is 15.9 Å². The van der Waals surface area contributed by atoms with Crippen molar-refractivity contribution in [3.63, 3.8) is 0 Å². The Balaban J connectivity index is 2.92. The van der Waals surface area contributed by atoms with Crippen LogP contribution in [0.2, 0.25) is 0 Å². The van der Waals surface area contributed by atoms with Crippen LogP contribution in [0.3, 0.4) is 0 Å². The van der Waals surface area contributed by atoms with E-state index in [1.165, 1.54) is 0 Å². The van der Waals surface area contributed by atoms with Gasteiger partial charge >= 0.3 is 6.09 Å². The van der Waals surface area contributed by atoms with Crippen molar-refractivity contribution in [3.8, 4) is 0 Å². The molecule has 0 spiro atoms. The van der Waals surface area contributed by atoms with Crippen LogP contribution in [0.15, 0.2) is 30.3 Å². The number of rotatable bonds is 5. The summed E-state index contributed by atoms with van der Waals surface area (Å²) in [6.07, 6.45) is -2.60. The molecule has 0 aliphatic rings. The summed E-state index contributed by atoms with van der Waals surface area (Å²) in [6.45, 7) is 0. The lowest BCUT2D eigenvalue weighted by Gasteiger charge is -2.21. The maximum Gasteiger partial charge on any atom is 0.404 e. The molecule has 1 amide bonds. The first kappa shape index (κ1) is 14.5. The van der Waals surface area contributed by atoms with E-state index >= 15 is 0 Å². The number of amides is 1. The van der Waals surface area contributed by atoms with Gasteiger partial charge in [-0.15, -0.1) is 0 Å². The number of aliphatic hydroxyl groups excluding tert-OH is 1. The molecule has 0 aliphatic carbocycles. The Labute approximate surface area is 105 Å². The number of primary amides is 1. The van der Waals surface area contributed by atoms with Gasteiger partial charge in [-0.2, -0.15) is 0 Å². The van der Waals surface area contributed by atoms with Crippen LogP contribution in [0.1, 0.15) is 11.7 Å². The Morgan fingerprint density at radius 3 is 2.39 bits per heavy atom. The Morgan fingerprint density at radius 2 is 1.94 bits per heavy atom. The molecule has 0 bridgehead atoms. The minimum atomic E-state index is -3.41. The highest BCUT2D eigenvalue weighted by atomic mass is 32.2. The SMILES string of the molecule is CS(=O)(=O)CC(OC(N)=O)C(O)c1ccccc1. The summed E-state index contributed by atoms with van der Waals surface area (Å²) in [7, 11) is -3.41. The normalized spacial score (nSPS) is 14.8. The number of nitrogens with two attached hydrogens (primary N) is 1. The molecule has 7 heteroatoms. The Kier molecular flexibility index (Phi) is 4.69. The highest BCUT2D eigenvalue weighted by Crippen LogP contribution is 2.20. The van der Waals surface area contributed by atoms with Crippen molar-refractivity contribution in [2.45, 2.75) is 12.2 Å². The topological polar surface area (TPSA) is 107 Å². The second kappa shape index (κ2) is 5.83. The van der Waals surface area contributed by atoms with Gasteiger partial charge in [0.25, 0.3) is 0 Å². The smallest absolute Gasteiger partial charge is 0.404 e. The van der Waals surface area contributed by atoms with Crippen molar-refractivity contribution in [2.24, 2.45) is 5.73 Å². The van der Waals surface area contributed by atoms with Crippen LogP contribution in [0.4, 0.5) is 4.79 Å². The average molecular weight is 273 g/mol. The monoisotopic (exact) mass is 273 g/mol. The van der Waals surface area contributed by atoms with Gasteiger partial charge in [-0.05, 0) is 5.56 Å². The molecule has 1 rings (SSSR count). The van der Waals surface area contributed by atoms with Gasteiger partial charge in [0.15, 0.2) is 9.84 Å². The van der Waals surface area contributed by atoms with Crippen LogP contribution in [0, 0.1) is 0 Å². The number of ether oxygens (including phenoxy) is 1. The summed E-state index contributed by atoms with van der Waals surface area (Å²) in [6, 6.07) is 8.31. The minimum absolute atomic E-state index is 0.451. The fraction of sp³-hybridized carbons (Fsp3) is 0.364. The molecule has 0 radical (unpaired) electrons. The summed E-state index contributed by atoms with van der Waals surface area (Å²) in [5.74, 6) is -0.494. The molecule has 0 heterocycles. The van der Waals surface area contributed by atoms with E-state index in [0.29, 0.717) is 5.56 Å². The van der Waals surface area contributed by atoms with Gasteiger partial charge in [0.05, 0.1) is 5.75 Å². The lowest BCUT2D eigenvalue weighted by Crippen LogP contribution is -2.34. The summed E-state index contributed by atoms with van der Waals surface area (Å²) in [5, 5.41) is 10.00. The van der Waals surface area contributed by atoms with Crippen LogP contribution >= 0.6 is 0 Å². The molecule has 6 nitrogen and oxygen atoms in total. The quantitative estimate of drug-likeness (QED) is 0.798. The standard InChI is InChI=1S/C11H15NO5S/c1-18(15,16)7-9(17-11(12)14)10(13)8-5-3-2-4-6-8/h2-6,9-10,13H,7H2,1H3,(H2,12,14). The number of sulfone groups is 1. The third-order valence-electron chi connectivity index (χ3n) is 2.23. The molecule has 3 N–H and O–H groups in total. The predicted octanol–water partition coefficient (Wildman–Crippen LogP) is 0.229.